The average molecular weight is 356 g/mol. The number of hydrogen-bond acceptors (Lipinski definition) is 4. The van der Waals surface area contributed by atoms with E-state index in [1.807, 2.05) is 31.2 Å². The minimum absolute atomic E-state index is 0.285. The third-order valence-corrected chi connectivity index (χ3v) is 4.03. The Morgan fingerprint density at radius 1 is 1.04 bits per heavy atom. The Labute approximate surface area is 156 Å². The summed E-state index contributed by atoms with van der Waals surface area (Å²) in [5.74, 6) is 2.09. The van der Waals surface area contributed by atoms with Crippen molar-refractivity contribution in [3.8, 4) is 17.2 Å². The molecule has 4 nitrogen and oxygen atoms in total. The quantitative estimate of drug-likeness (QED) is 0.348. The molecule has 0 aromatic heterocycles. The highest BCUT2D eigenvalue weighted by Crippen LogP contribution is 2.27. The van der Waals surface area contributed by atoms with Crippen LogP contribution >= 0.6 is 0 Å². The molecule has 26 heavy (non-hydrogen) atoms. The zero-order valence-corrected chi connectivity index (χ0v) is 16.1. The fourth-order valence-corrected chi connectivity index (χ4v) is 2.78. The lowest BCUT2D eigenvalue weighted by Gasteiger charge is -2.12. The Hall–Kier alpha value is -2.49. The summed E-state index contributed by atoms with van der Waals surface area (Å²) in [4.78, 5) is 12.0. The number of benzene rings is 2. The standard InChI is InChI=1S/C22H28O4/c1-5-24-20-9-6-7-10-21(20)26-22(23)11-8-14-25-18-12-13-19(16(2)3)17(4)15-18/h6-7,9-10,12-13,15-16H,5,8,11,14H2,1-4H3. The van der Waals surface area contributed by atoms with Gasteiger partial charge in [-0.15, -0.1) is 0 Å². The molecule has 0 radical (unpaired) electrons. The summed E-state index contributed by atoms with van der Waals surface area (Å²) in [6, 6.07) is 13.3. The van der Waals surface area contributed by atoms with Gasteiger partial charge in [0.25, 0.3) is 0 Å². The summed E-state index contributed by atoms with van der Waals surface area (Å²) in [6.45, 7) is 9.34. The molecule has 140 valence electrons. The van der Waals surface area contributed by atoms with Crippen molar-refractivity contribution in [2.75, 3.05) is 13.2 Å². The molecule has 0 aliphatic rings. The first-order valence-corrected chi connectivity index (χ1v) is 9.17. The van der Waals surface area contributed by atoms with Gasteiger partial charge in [-0.2, -0.15) is 0 Å². The van der Waals surface area contributed by atoms with Crippen LogP contribution in [0.4, 0.5) is 0 Å². The number of rotatable bonds is 9. The van der Waals surface area contributed by atoms with Crippen molar-refractivity contribution in [2.24, 2.45) is 0 Å². The van der Waals surface area contributed by atoms with E-state index >= 15 is 0 Å². The van der Waals surface area contributed by atoms with Crippen LogP contribution in [0.2, 0.25) is 0 Å². The Morgan fingerprint density at radius 2 is 1.77 bits per heavy atom. The van der Waals surface area contributed by atoms with Crippen molar-refractivity contribution in [1.82, 2.24) is 0 Å². The van der Waals surface area contributed by atoms with E-state index in [2.05, 4.69) is 26.8 Å². The second-order valence-electron chi connectivity index (χ2n) is 6.48. The van der Waals surface area contributed by atoms with Crippen LogP contribution in [0.25, 0.3) is 0 Å². The zero-order valence-electron chi connectivity index (χ0n) is 16.1. The van der Waals surface area contributed by atoms with Gasteiger partial charge >= 0.3 is 5.97 Å². The summed E-state index contributed by atoms with van der Waals surface area (Å²) >= 11 is 0. The van der Waals surface area contributed by atoms with Crippen LogP contribution in [0, 0.1) is 6.92 Å². The van der Waals surface area contributed by atoms with Gasteiger partial charge in [-0.1, -0.05) is 32.0 Å². The van der Waals surface area contributed by atoms with Gasteiger partial charge in [-0.25, -0.2) is 0 Å². The molecule has 0 amide bonds. The van der Waals surface area contributed by atoms with Gasteiger partial charge in [0, 0.05) is 6.42 Å². The van der Waals surface area contributed by atoms with Gasteiger partial charge in [-0.3, -0.25) is 4.79 Å². The minimum Gasteiger partial charge on any atom is -0.494 e. The third kappa shape index (κ3) is 5.80. The van der Waals surface area contributed by atoms with Crippen LogP contribution in [-0.4, -0.2) is 19.2 Å². The van der Waals surface area contributed by atoms with Crippen LogP contribution in [-0.2, 0) is 4.79 Å². The van der Waals surface area contributed by atoms with Gasteiger partial charge in [0.1, 0.15) is 5.75 Å². The number of carbonyl (C=O) groups excluding carboxylic acids is 1. The lowest BCUT2D eigenvalue weighted by atomic mass is 9.98. The van der Waals surface area contributed by atoms with Crippen molar-refractivity contribution >= 4 is 5.97 Å². The second-order valence-corrected chi connectivity index (χ2v) is 6.48. The molecule has 0 heterocycles. The molecule has 0 bridgehead atoms. The predicted octanol–water partition coefficient (Wildman–Crippen LogP) is 5.28. The molecule has 0 saturated carbocycles. The minimum atomic E-state index is -0.285. The van der Waals surface area contributed by atoms with E-state index in [4.69, 9.17) is 14.2 Å². The number of aryl methyl sites for hydroxylation is 1. The lowest BCUT2D eigenvalue weighted by molar-refractivity contribution is -0.134. The molecule has 2 aromatic rings. The largest absolute Gasteiger partial charge is 0.494 e. The van der Waals surface area contributed by atoms with E-state index in [1.54, 1.807) is 12.1 Å². The van der Waals surface area contributed by atoms with Crippen molar-refractivity contribution in [3.63, 3.8) is 0 Å². The van der Waals surface area contributed by atoms with E-state index in [0.717, 1.165) is 5.75 Å². The maximum atomic E-state index is 12.0. The number of esters is 1. The Balaban J connectivity index is 1.78. The van der Waals surface area contributed by atoms with Gasteiger partial charge in [-0.05, 0) is 61.6 Å². The molecule has 0 atom stereocenters. The van der Waals surface area contributed by atoms with Gasteiger partial charge in [0.05, 0.1) is 13.2 Å². The van der Waals surface area contributed by atoms with Gasteiger partial charge in [0.2, 0.25) is 0 Å². The molecule has 2 aromatic carbocycles. The summed E-state index contributed by atoms with van der Waals surface area (Å²) in [7, 11) is 0. The van der Waals surface area contributed by atoms with Gasteiger partial charge < -0.3 is 14.2 Å². The maximum absolute atomic E-state index is 12.0. The number of carbonyl (C=O) groups is 1. The fourth-order valence-electron chi connectivity index (χ4n) is 2.78. The highest BCUT2D eigenvalue weighted by atomic mass is 16.6. The van der Waals surface area contributed by atoms with Crippen molar-refractivity contribution in [2.45, 2.75) is 46.5 Å². The molecule has 0 spiro atoms. The first-order valence-electron chi connectivity index (χ1n) is 9.17. The molecule has 0 N–H and O–H groups in total. The molecule has 2 rings (SSSR count). The van der Waals surface area contributed by atoms with E-state index in [9.17, 15) is 4.79 Å². The Morgan fingerprint density at radius 3 is 2.42 bits per heavy atom. The summed E-state index contributed by atoms with van der Waals surface area (Å²) in [5.41, 5.74) is 2.55. The molecule has 0 saturated heterocycles. The van der Waals surface area contributed by atoms with E-state index in [-0.39, 0.29) is 5.97 Å². The first-order chi connectivity index (χ1) is 12.5. The molecule has 4 heteroatoms. The highest BCUT2D eigenvalue weighted by Gasteiger charge is 2.10. The first kappa shape index (κ1) is 19.8. The number of para-hydroxylation sites is 2. The van der Waals surface area contributed by atoms with Crippen molar-refractivity contribution < 1.29 is 19.0 Å². The molecule has 0 fully saturated rings. The topological polar surface area (TPSA) is 44.8 Å². The number of hydrogen-bond donors (Lipinski definition) is 0. The monoisotopic (exact) mass is 356 g/mol. The third-order valence-electron chi connectivity index (χ3n) is 4.03. The van der Waals surface area contributed by atoms with Crippen LogP contribution < -0.4 is 14.2 Å². The molecule has 0 aliphatic heterocycles. The highest BCUT2D eigenvalue weighted by molar-refractivity contribution is 5.73. The smallest absolute Gasteiger partial charge is 0.311 e. The number of ether oxygens (including phenoxy) is 3. The van der Waals surface area contributed by atoms with E-state index in [1.165, 1.54) is 11.1 Å². The van der Waals surface area contributed by atoms with Crippen molar-refractivity contribution in [3.05, 3.63) is 53.6 Å². The summed E-state index contributed by atoms with van der Waals surface area (Å²) in [6.07, 6.45) is 0.893. The van der Waals surface area contributed by atoms with Crippen LogP contribution in [0.5, 0.6) is 17.2 Å². The van der Waals surface area contributed by atoms with E-state index in [0.29, 0.717) is 43.5 Å². The Kier molecular flexibility index (Phi) is 7.52. The van der Waals surface area contributed by atoms with Crippen LogP contribution in [0.3, 0.4) is 0 Å². The molecule has 0 unspecified atom stereocenters. The Bertz CT molecular complexity index is 722. The van der Waals surface area contributed by atoms with Crippen LogP contribution in [0.15, 0.2) is 42.5 Å². The molecular weight excluding hydrogens is 328 g/mol. The summed E-state index contributed by atoms with van der Waals surface area (Å²) < 4.78 is 16.6. The second kappa shape index (κ2) is 9.85. The predicted molar refractivity (Wildman–Crippen MR) is 103 cm³/mol. The fraction of sp³-hybridized carbons (Fsp3) is 0.409. The summed E-state index contributed by atoms with van der Waals surface area (Å²) in [5, 5.41) is 0. The van der Waals surface area contributed by atoms with E-state index < -0.39 is 0 Å². The van der Waals surface area contributed by atoms with Crippen LogP contribution in [0.1, 0.15) is 50.7 Å². The SMILES string of the molecule is CCOc1ccccc1OC(=O)CCCOc1ccc(C(C)C)c(C)c1. The van der Waals surface area contributed by atoms with Crippen molar-refractivity contribution in [1.29, 1.82) is 0 Å². The van der Waals surface area contributed by atoms with Gasteiger partial charge in [0.15, 0.2) is 11.5 Å². The average Bonchev–Trinajstić information content (AvgIpc) is 2.60. The zero-order chi connectivity index (χ0) is 18.9. The lowest BCUT2D eigenvalue weighted by Crippen LogP contribution is -2.11. The molecular formula is C22H28O4. The maximum Gasteiger partial charge on any atom is 0.311 e. The molecule has 0 aliphatic carbocycles. The normalized spacial score (nSPS) is 10.7.